The van der Waals surface area contributed by atoms with Gasteiger partial charge in [-0.25, -0.2) is 9.66 Å². The predicted molar refractivity (Wildman–Crippen MR) is 64.3 cm³/mol. The lowest BCUT2D eigenvalue weighted by Gasteiger charge is -2.10. The monoisotopic (exact) mass is 218 g/mol. The van der Waals surface area contributed by atoms with Gasteiger partial charge in [0.05, 0.1) is 0 Å². The standard InChI is InChI=1S/C10H10N4S/c15-10(13-14-7-6-11-8-14)12-9-4-2-1-3-5-9/h1-8H,(H2,12,13,15). The highest BCUT2D eigenvalue weighted by molar-refractivity contribution is 7.80. The molecule has 2 N–H and O–H groups in total. The first-order valence-corrected chi connectivity index (χ1v) is 4.86. The molecule has 0 spiro atoms. The van der Waals surface area contributed by atoms with Gasteiger partial charge in [-0.2, -0.15) is 0 Å². The molecule has 0 amide bonds. The molecule has 76 valence electrons. The van der Waals surface area contributed by atoms with Gasteiger partial charge >= 0.3 is 0 Å². The largest absolute Gasteiger partial charge is 0.331 e. The molecule has 2 aromatic rings. The lowest BCUT2D eigenvalue weighted by molar-refractivity contribution is 0.977. The number of imidazole rings is 1. The van der Waals surface area contributed by atoms with E-state index in [1.54, 1.807) is 23.4 Å². The second-order valence-electron chi connectivity index (χ2n) is 2.90. The van der Waals surface area contributed by atoms with Gasteiger partial charge in [0.25, 0.3) is 0 Å². The van der Waals surface area contributed by atoms with Crippen LogP contribution in [0.5, 0.6) is 0 Å². The molecule has 0 bridgehead atoms. The van der Waals surface area contributed by atoms with Crippen molar-refractivity contribution in [3.05, 3.63) is 49.1 Å². The molecular weight excluding hydrogens is 208 g/mol. The van der Waals surface area contributed by atoms with Crippen LogP contribution >= 0.6 is 12.2 Å². The molecule has 5 heteroatoms. The van der Waals surface area contributed by atoms with Crippen molar-refractivity contribution < 1.29 is 0 Å². The summed E-state index contributed by atoms with van der Waals surface area (Å²) in [5, 5.41) is 3.58. The van der Waals surface area contributed by atoms with Crippen molar-refractivity contribution in [2.45, 2.75) is 0 Å². The number of rotatable bonds is 2. The van der Waals surface area contributed by atoms with Gasteiger partial charge in [-0.1, -0.05) is 18.2 Å². The van der Waals surface area contributed by atoms with Gasteiger partial charge in [0.2, 0.25) is 0 Å². The number of anilines is 1. The second-order valence-corrected chi connectivity index (χ2v) is 3.31. The predicted octanol–water partition coefficient (Wildman–Crippen LogP) is 1.82. The van der Waals surface area contributed by atoms with Crippen LogP contribution in [0.1, 0.15) is 0 Å². The Bertz CT molecular complexity index is 424. The van der Waals surface area contributed by atoms with Crippen LogP contribution in [-0.2, 0) is 0 Å². The normalized spacial score (nSPS) is 9.60. The molecule has 0 unspecified atom stereocenters. The van der Waals surface area contributed by atoms with E-state index in [4.69, 9.17) is 12.2 Å². The number of nitrogens with zero attached hydrogens (tertiary/aromatic N) is 2. The van der Waals surface area contributed by atoms with E-state index >= 15 is 0 Å². The van der Waals surface area contributed by atoms with Crippen LogP contribution in [0.2, 0.25) is 0 Å². The van der Waals surface area contributed by atoms with Gasteiger partial charge in [-0.05, 0) is 24.4 Å². The molecule has 1 aromatic carbocycles. The van der Waals surface area contributed by atoms with Crippen molar-refractivity contribution in [2.24, 2.45) is 0 Å². The van der Waals surface area contributed by atoms with Crippen LogP contribution < -0.4 is 10.7 Å². The number of aromatic nitrogens is 2. The molecule has 0 aliphatic heterocycles. The van der Waals surface area contributed by atoms with Crippen LogP contribution in [0, 0.1) is 0 Å². The Morgan fingerprint density at radius 2 is 2.07 bits per heavy atom. The van der Waals surface area contributed by atoms with Crippen molar-refractivity contribution in [1.29, 1.82) is 0 Å². The third-order valence-electron chi connectivity index (χ3n) is 1.77. The maximum Gasteiger partial charge on any atom is 0.190 e. The molecule has 1 heterocycles. The average Bonchev–Trinajstić information content (AvgIpc) is 2.71. The molecule has 0 aliphatic carbocycles. The lowest BCUT2D eigenvalue weighted by atomic mass is 10.3. The summed E-state index contributed by atoms with van der Waals surface area (Å²) >= 11 is 5.11. The topological polar surface area (TPSA) is 41.9 Å². The maximum atomic E-state index is 5.11. The maximum absolute atomic E-state index is 5.11. The summed E-state index contributed by atoms with van der Waals surface area (Å²) in [4.78, 5) is 3.90. The fourth-order valence-electron chi connectivity index (χ4n) is 1.12. The van der Waals surface area contributed by atoms with Gasteiger partial charge in [0, 0.05) is 18.1 Å². The fraction of sp³-hybridized carbons (Fsp3) is 0. The van der Waals surface area contributed by atoms with E-state index in [1.807, 2.05) is 30.3 Å². The first kappa shape index (κ1) is 9.67. The minimum absolute atomic E-state index is 0.527. The van der Waals surface area contributed by atoms with Crippen LogP contribution in [-0.4, -0.2) is 14.8 Å². The summed E-state index contributed by atoms with van der Waals surface area (Å²) in [6, 6.07) is 9.74. The molecule has 0 radical (unpaired) electrons. The van der Waals surface area contributed by atoms with Gasteiger partial charge in [-0.15, -0.1) is 0 Å². The van der Waals surface area contributed by atoms with Crippen molar-refractivity contribution in [1.82, 2.24) is 9.66 Å². The van der Waals surface area contributed by atoms with Crippen LogP contribution in [0.3, 0.4) is 0 Å². The summed E-state index contributed by atoms with van der Waals surface area (Å²) in [5.41, 5.74) is 3.90. The van der Waals surface area contributed by atoms with Crippen molar-refractivity contribution in [2.75, 3.05) is 10.7 Å². The Balaban J connectivity index is 1.94. The SMILES string of the molecule is S=C(Nc1ccccc1)Nn1ccnc1. The molecule has 0 atom stereocenters. The smallest absolute Gasteiger partial charge is 0.190 e. The molecule has 4 nitrogen and oxygen atoms in total. The number of hydrogen-bond acceptors (Lipinski definition) is 2. The Labute approximate surface area is 92.9 Å². The van der Waals surface area contributed by atoms with Gasteiger partial charge in [-0.3, -0.25) is 5.43 Å². The Hall–Kier alpha value is -1.88. The zero-order valence-electron chi connectivity index (χ0n) is 7.92. The van der Waals surface area contributed by atoms with E-state index in [-0.39, 0.29) is 0 Å². The number of nitrogens with one attached hydrogen (secondary N) is 2. The van der Waals surface area contributed by atoms with Crippen molar-refractivity contribution >= 4 is 23.0 Å². The van der Waals surface area contributed by atoms with Crippen molar-refractivity contribution in [3.63, 3.8) is 0 Å². The Morgan fingerprint density at radius 3 is 2.73 bits per heavy atom. The number of thiocarbonyl (C=S) groups is 1. The third kappa shape index (κ3) is 2.78. The zero-order chi connectivity index (χ0) is 10.5. The summed E-state index contributed by atoms with van der Waals surface area (Å²) in [7, 11) is 0. The summed E-state index contributed by atoms with van der Waals surface area (Å²) in [5.74, 6) is 0. The van der Waals surface area contributed by atoms with Crippen LogP contribution in [0.15, 0.2) is 49.1 Å². The molecule has 2 rings (SSSR count). The average molecular weight is 218 g/mol. The summed E-state index contributed by atoms with van der Waals surface area (Å²) in [6.07, 6.45) is 5.09. The summed E-state index contributed by atoms with van der Waals surface area (Å²) < 4.78 is 1.68. The molecule has 0 saturated carbocycles. The van der Waals surface area contributed by atoms with Gasteiger partial charge in [0.15, 0.2) is 5.11 Å². The highest BCUT2D eigenvalue weighted by Gasteiger charge is 1.96. The number of para-hydroxylation sites is 1. The van der Waals surface area contributed by atoms with Crippen molar-refractivity contribution in [3.8, 4) is 0 Å². The molecule has 0 fully saturated rings. The van der Waals surface area contributed by atoms with E-state index < -0.39 is 0 Å². The van der Waals surface area contributed by atoms with E-state index in [0.29, 0.717) is 5.11 Å². The molecule has 1 aromatic heterocycles. The highest BCUT2D eigenvalue weighted by atomic mass is 32.1. The molecule has 15 heavy (non-hydrogen) atoms. The number of benzene rings is 1. The second kappa shape index (κ2) is 4.56. The van der Waals surface area contributed by atoms with E-state index in [2.05, 4.69) is 15.7 Å². The quantitative estimate of drug-likeness (QED) is 0.755. The minimum atomic E-state index is 0.527. The first-order valence-electron chi connectivity index (χ1n) is 4.45. The van der Waals surface area contributed by atoms with E-state index in [1.165, 1.54) is 0 Å². The molecule has 0 aliphatic rings. The van der Waals surface area contributed by atoms with Gasteiger partial charge in [0.1, 0.15) is 6.33 Å². The molecule has 0 saturated heterocycles. The minimum Gasteiger partial charge on any atom is -0.331 e. The Morgan fingerprint density at radius 1 is 1.27 bits per heavy atom. The lowest BCUT2D eigenvalue weighted by Crippen LogP contribution is -2.26. The zero-order valence-corrected chi connectivity index (χ0v) is 8.74. The van der Waals surface area contributed by atoms with E-state index in [0.717, 1.165) is 5.69 Å². The van der Waals surface area contributed by atoms with Crippen LogP contribution in [0.4, 0.5) is 5.69 Å². The third-order valence-corrected chi connectivity index (χ3v) is 1.96. The Kier molecular flexibility index (Phi) is 2.94. The highest BCUT2D eigenvalue weighted by Crippen LogP contribution is 2.04. The summed E-state index contributed by atoms with van der Waals surface area (Å²) in [6.45, 7) is 0. The molecular formula is C10H10N4S. The van der Waals surface area contributed by atoms with E-state index in [9.17, 15) is 0 Å². The van der Waals surface area contributed by atoms with Crippen LogP contribution in [0.25, 0.3) is 0 Å². The fourth-order valence-corrected chi connectivity index (χ4v) is 1.35. The first-order chi connectivity index (χ1) is 7.34. The number of hydrogen-bond donors (Lipinski definition) is 2. The van der Waals surface area contributed by atoms with Gasteiger partial charge < -0.3 is 5.32 Å².